The maximum atomic E-state index is 12.0. The first kappa shape index (κ1) is 17.9. The number of cyclic esters (lactones) is 1. The Bertz CT molecular complexity index is 648. The monoisotopic (exact) mass is 342 g/mol. The summed E-state index contributed by atoms with van der Waals surface area (Å²) in [5.74, 6) is -0.431. The van der Waals surface area contributed by atoms with E-state index in [-0.39, 0.29) is 17.9 Å². The maximum absolute atomic E-state index is 12.0. The van der Waals surface area contributed by atoms with Gasteiger partial charge in [-0.1, -0.05) is 17.7 Å². The Morgan fingerprint density at radius 2 is 2.00 bits per heavy atom. The van der Waals surface area contributed by atoms with Crippen molar-refractivity contribution < 1.29 is 27.2 Å². The summed E-state index contributed by atoms with van der Waals surface area (Å²) in [5, 5.41) is 9.94. The van der Waals surface area contributed by atoms with Crippen molar-refractivity contribution in [2.75, 3.05) is 6.61 Å². The highest BCUT2D eigenvalue weighted by atomic mass is 32.2. The lowest BCUT2D eigenvalue weighted by Gasteiger charge is -2.33. The van der Waals surface area contributed by atoms with Crippen LogP contribution >= 0.6 is 0 Å². The van der Waals surface area contributed by atoms with Gasteiger partial charge in [-0.05, 0) is 38.8 Å². The molecule has 1 N–H and O–H groups in total. The molecule has 7 heteroatoms. The molecule has 1 aromatic carbocycles. The Balaban J connectivity index is 1.81. The molecule has 2 unspecified atom stereocenters. The zero-order chi connectivity index (χ0) is 17.1. The lowest BCUT2D eigenvalue weighted by Crippen LogP contribution is -2.41. The molecule has 2 atom stereocenters. The average molecular weight is 342 g/mol. The van der Waals surface area contributed by atoms with Crippen LogP contribution in [-0.4, -0.2) is 37.8 Å². The summed E-state index contributed by atoms with van der Waals surface area (Å²) >= 11 is 0. The standard InChI is InChI=1S/C16H22O6S/c1-12-5-7-14(8-6-12)23(19,20)21-9-3-4-13-10-16(2,18)11-15(17)22-13/h5-8,13,18H,3-4,9-11H2,1-2H3. The highest BCUT2D eigenvalue weighted by Crippen LogP contribution is 2.27. The SMILES string of the molecule is Cc1ccc(S(=O)(=O)OCCCC2CC(C)(O)CC(=O)O2)cc1. The molecule has 0 bridgehead atoms. The second-order valence-corrected chi connectivity index (χ2v) is 7.84. The number of aliphatic hydroxyl groups is 1. The van der Waals surface area contributed by atoms with E-state index in [0.29, 0.717) is 19.3 Å². The van der Waals surface area contributed by atoms with E-state index in [0.717, 1.165) is 5.56 Å². The molecule has 0 saturated carbocycles. The number of carbonyl (C=O) groups excluding carboxylic acids is 1. The van der Waals surface area contributed by atoms with Gasteiger partial charge in [0.05, 0.1) is 23.5 Å². The lowest BCUT2D eigenvalue weighted by molar-refractivity contribution is -0.168. The summed E-state index contributed by atoms with van der Waals surface area (Å²) in [6, 6.07) is 6.43. The number of carbonyl (C=O) groups is 1. The Morgan fingerprint density at radius 3 is 2.61 bits per heavy atom. The number of benzene rings is 1. The van der Waals surface area contributed by atoms with Gasteiger partial charge in [-0.2, -0.15) is 8.42 Å². The molecule has 1 heterocycles. The smallest absolute Gasteiger partial charge is 0.308 e. The molecule has 128 valence electrons. The van der Waals surface area contributed by atoms with Crippen LogP contribution in [0.4, 0.5) is 0 Å². The second kappa shape index (κ2) is 6.98. The summed E-state index contributed by atoms with van der Waals surface area (Å²) in [6.07, 6.45) is 0.798. The van der Waals surface area contributed by atoms with Gasteiger partial charge < -0.3 is 9.84 Å². The van der Waals surface area contributed by atoms with Crippen molar-refractivity contribution in [2.24, 2.45) is 0 Å². The zero-order valence-electron chi connectivity index (χ0n) is 13.3. The van der Waals surface area contributed by atoms with Crippen molar-refractivity contribution in [3.8, 4) is 0 Å². The van der Waals surface area contributed by atoms with Gasteiger partial charge in [0.15, 0.2) is 0 Å². The fourth-order valence-electron chi connectivity index (χ4n) is 2.56. The van der Waals surface area contributed by atoms with Crippen molar-refractivity contribution in [3.63, 3.8) is 0 Å². The minimum absolute atomic E-state index is 0.00635. The van der Waals surface area contributed by atoms with Gasteiger partial charge >= 0.3 is 5.97 Å². The van der Waals surface area contributed by atoms with Gasteiger partial charge in [0.2, 0.25) is 0 Å². The summed E-state index contributed by atoms with van der Waals surface area (Å²) in [4.78, 5) is 11.5. The van der Waals surface area contributed by atoms with E-state index >= 15 is 0 Å². The normalized spacial score (nSPS) is 25.2. The summed E-state index contributed by atoms with van der Waals surface area (Å²) < 4.78 is 34.1. The van der Waals surface area contributed by atoms with Gasteiger partial charge in [0, 0.05) is 6.42 Å². The number of aryl methyl sites for hydroxylation is 1. The van der Waals surface area contributed by atoms with Crippen LogP contribution in [0.25, 0.3) is 0 Å². The molecule has 23 heavy (non-hydrogen) atoms. The molecule has 1 aliphatic rings. The van der Waals surface area contributed by atoms with E-state index in [4.69, 9.17) is 8.92 Å². The van der Waals surface area contributed by atoms with Crippen LogP contribution in [0, 0.1) is 6.92 Å². The van der Waals surface area contributed by atoms with E-state index in [9.17, 15) is 18.3 Å². The van der Waals surface area contributed by atoms with Crippen LogP contribution in [0.5, 0.6) is 0 Å². The first-order valence-corrected chi connectivity index (χ1v) is 8.97. The lowest BCUT2D eigenvalue weighted by atomic mass is 9.90. The average Bonchev–Trinajstić information content (AvgIpc) is 2.42. The summed E-state index contributed by atoms with van der Waals surface area (Å²) in [7, 11) is -3.77. The van der Waals surface area contributed by atoms with E-state index in [1.807, 2.05) is 6.92 Å². The van der Waals surface area contributed by atoms with Crippen LogP contribution in [0.2, 0.25) is 0 Å². The molecular formula is C16H22O6S. The van der Waals surface area contributed by atoms with Gasteiger partial charge in [0.1, 0.15) is 6.10 Å². The van der Waals surface area contributed by atoms with Gasteiger partial charge in [-0.25, -0.2) is 0 Å². The van der Waals surface area contributed by atoms with Crippen LogP contribution in [0.3, 0.4) is 0 Å². The third-order valence-electron chi connectivity index (χ3n) is 3.71. The Hall–Kier alpha value is -1.44. The van der Waals surface area contributed by atoms with Crippen LogP contribution in [0.1, 0.15) is 38.2 Å². The summed E-state index contributed by atoms with van der Waals surface area (Å²) in [6.45, 7) is 3.48. The Labute approximate surface area is 136 Å². The van der Waals surface area contributed by atoms with Crippen molar-refractivity contribution in [3.05, 3.63) is 29.8 Å². The minimum Gasteiger partial charge on any atom is -0.462 e. The largest absolute Gasteiger partial charge is 0.462 e. The van der Waals surface area contributed by atoms with E-state index in [1.54, 1.807) is 19.1 Å². The van der Waals surface area contributed by atoms with Crippen molar-refractivity contribution in [2.45, 2.75) is 56.1 Å². The summed E-state index contributed by atoms with van der Waals surface area (Å²) in [5.41, 5.74) is -0.0930. The first-order chi connectivity index (χ1) is 10.7. The zero-order valence-corrected chi connectivity index (χ0v) is 14.1. The van der Waals surface area contributed by atoms with Gasteiger partial charge in [0.25, 0.3) is 10.1 Å². The molecule has 1 aromatic rings. The minimum atomic E-state index is -3.77. The predicted molar refractivity (Wildman–Crippen MR) is 83.3 cm³/mol. The molecule has 0 amide bonds. The molecule has 2 rings (SSSR count). The molecule has 0 aliphatic carbocycles. The number of ether oxygens (including phenoxy) is 1. The molecule has 0 spiro atoms. The molecule has 6 nitrogen and oxygen atoms in total. The maximum Gasteiger partial charge on any atom is 0.308 e. The first-order valence-electron chi connectivity index (χ1n) is 7.56. The van der Waals surface area contributed by atoms with Gasteiger partial charge in [-0.15, -0.1) is 0 Å². The fraction of sp³-hybridized carbons (Fsp3) is 0.562. The highest BCUT2D eigenvalue weighted by Gasteiger charge is 2.35. The Morgan fingerprint density at radius 1 is 1.35 bits per heavy atom. The predicted octanol–water partition coefficient (Wildman–Crippen LogP) is 1.94. The Kier molecular flexibility index (Phi) is 5.44. The third kappa shape index (κ3) is 5.30. The van der Waals surface area contributed by atoms with Crippen LogP contribution < -0.4 is 0 Å². The molecule has 1 saturated heterocycles. The molecule has 1 fully saturated rings. The van der Waals surface area contributed by atoms with Crippen molar-refractivity contribution in [1.29, 1.82) is 0 Å². The van der Waals surface area contributed by atoms with Gasteiger partial charge in [-0.3, -0.25) is 8.98 Å². The number of hydrogen-bond acceptors (Lipinski definition) is 6. The van der Waals surface area contributed by atoms with E-state index in [2.05, 4.69) is 0 Å². The number of esters is 1. The van der Waals surface area contributed by atoms with E-state index in [1.165, 1.54) is 12.1 Å². The third-order valence-corrected chi connectivity index (χ3v) is 5.04. The molecular weight excluding hydrogens is 320 g/mol. The number of rotatable bonds is 6. The number of hydrogen-bond donors (Lipinski definition) is 1. The van der Waals surface area contributed by atoms with Crippen molar-refractivity contribution in [1.82, 2.24) is 0 Å². The second-order valence-electron chi connectivity index (χ2n) is 6.22. The van der Waals surface area contributed by atoms with Crippen LogP contribution in [-0.2, 0) is 23.8 Å². The fourth-order valence-corrected chi connectivity index (χ4v) is 3.50. The molecule has 0 aromatic heterocycles. The highest BCUT2D eigenvalue weighted by molar-refractivity contribution is 7.86. The van der Waals surface area contributed by atoms with E-state index < -0.39 is 27.8 Å². The van der Waals surface area contributed by atoms with Crippen LogP contribution in [0.15, 0.2) is 29.2 Å². The van der Waals surface area contributed by atoms with Crippen molar-refractivity contribution >= 4 is 16.1 Å². The molecule has 0 radical (unpaired) electrons. The quantitative estimate of drug-likeness (QED) is 0.483. The topological polar surface area (TPSA) is 89.9 Å². The molecule has 1 aliphatic heterocycles.